The Labute approximate surface area is 196 Å². The summed E-state index contributed by atoms with van der Waals surface area (Å²) in [6.45, 7) is 1.27. The lowest BCUT2D eigenvalue weighted by molar-refractivity contribution is 0.414. The zero-order valence-corrected chi connectivity index (χ0v) is 20.1. The third-order valence-electron chi connectivity index (χ3n) is 5.41. The fourth-order valence-electron chi connectivity index (χ4n) is 3.75. The maximum atomic E-state index is 13.1. The molecule has 0 amide bonds. The van der Waals surface area contributed by atoms with E-state index in [1.807, 2.05) is 18.2 Å². The van der Waals surface area contributed by atoms with Crippen LogP contribution in [0.5, 0.6) is 5.75 Å². The first-order valence-corrected chi connectivity index (χ1v) is 13.1. The summed E-state index contributed by atoms with van der Waals surface area (Å²) in [6.07, 6.45) is 1.78. The lowest BCUT2D eigenvalue weighted by Crippen LogP contribution is -2.39. The number of rotatable bonds is 6. The van der Waals surface area contributed by atoms with Gasteiger partial charge in [-0.25, -0.2) is 13.4 Å². The van der Waals surface area contributed by atoms with Gasteiger partial charge in [0.25, 0.3) is 0 Å². The molecular formula is C22H22Cl2N2O3S2. The van der Waals surface area contributed by atoms with Crippen LogP contribution in [0.2, 0.25) is 10.0 Å². The van der Waals surface area contributed by atoms with Gasteiger partial charge in [0.1, 0.15) is 5.75 Å². The molecule has 0 spiro atoms. The van der Waals surface area contributed by atoms with Crippen molar-refractivity contribution in [3.63, 3.8) is 0 Å². The van der Waals surface area contributed by atoms with E-state index in [1.54, 1.807) is 24.5 Å². The van der Waals surface area contributed by atoms with Gasteiger partial charge in [0.15, 0.2) is 15.0 Å². The highest BCUT2D eigenvalue weighted by atomic mass is 35.5. The molecule has 0 N–H and O–H groups in total. The Bertz CT molecular complexity index is 1170. The molecule has 0 unspecified atom stereocenters. The Morgan fingerprint density at radius 2 is 1.94 bits per heavy atom. The van der Waals surface area contributed by atoms with Crippen molar-refractivity contribution in [3.05, 3.63) is 69.1 Å². The van der Waals surface area contributed by atoms with Gasteiger partial charge in [-0.2, -0.15) is 0 Å². The third kappa shape index (κ3) is 5.00. The Morgan fingerprint density at radius 3 is 2.68 bits per heavy atom. The zero-order valence-electron chi connectivity index (χ0n) is 16.9. The van der Waals surface area contributed by atoms with Crippen molar-refractivity contribution in [1.82, 2.24) is 4.98 Å². The van der Waals surface area contributed by atoms with Gasteiger partial charge in [-0.15, -0.1) is 11.3 Å². The number of ether oxygens (including phenoxy) is 1. The number of hydrogen-bond donors (Lipinski definition) is 0. The quantitative estimate of drug-likeness (QED) is 0.451. The minimum Gasteiger partial charge on any atom is -0.497 e. The van der Waals surface area contributed by atoms with Gasteiger partial charge in [-0.05, 0) is 48.7 Å². The highest BCUT2D eigenvalue weighted by molar-refractivity contribution is 7.92. The van der Waals surface area contributed by atoms with E-state index >= 15 is 0 Å². The molecular weight excluding hydrogens is 475 g/mol. The van der Waals surface area contributed by atoms with E-state index in [0.717, 1.165) is 28.6 Å². The normalized spacial score (nSPS) is 15.3. The molecule has 0 bridgehead atoms. The van der Waals surface area contributed by atoms with E-state index in [9.17, 15) is 8.42 Å². The standard InChI is InChI=1S/C22H22Cl2N2O3S2/c1-29-18-4-2-3-15(12-18)11-17-14-30-22(25-17)26-9-7-19(8-10-26)31(27,28)21-13-16(23)5-6-20(21)24/h2-6,12-14,19H,7-11H2,1H3. The van der Waals surface area contributed by atoms with E-state index in [4.69, 9.17) is 32.9 Å². The molecule has 2 heterocycles. The first kappa shape index (κ1) is 22.4. The Kier molecular flexibility index (Phi) is 6.77. The lowest BCUT2D eigenvalue weighted by Gasteiger charge is -2.31. The first-order chi connectivity index (χ1) is 14.9. The summed E-state index contributed by atoms with van der Waals surface area (Å²) in [5.41, 5.74) is 2.13. The van der Waals surface area contributed by atoms with Crippen LogP contribution in [0, 0.1) is 0 Å². The van der Waals surface area contributed by atoms with Crippen molar-refractivity contribution in [2.24, 2.45) is 0 Å². The molecule has 0 aliphatic carbocycles. The zero-order chi connectivity index (χ0) is 22.0. The van der Waals surface area contributed by atoms with Crippen molar-refractivity contribution >= 4 is 49.5 Å². The second kappa shape index (κ2) is 9.36. The van der Waals surface area contributed by atoms with Crippen molar-refractivity contribution in [1.29, 1.82) is 0 Å². The molecule has 2 aromatic carbocycles. The molecule has 0 saturated carbocycles. The predicted molar refractivity (Wildman–Crippen MR) is 127 cm³/mol. The average molecular weight is 497 g/mol. The summed E-state index contributed by atoms with van der Waals surface area (Å²) in [4.78, 5) is 7.05. The molecule has 4 rings (SSSR count). The van der Waals surface area contributed by atoms with Crippen LogP contribution in [-0.2, 0) is 16.3 Å². The molecule has 164 valence electrons. The predicted octanol–water partition coefficient (Wildman–Crippen LogP) is 5.49. The van der Waals surface area contributed by atoms with Gasteiger partial charge in [0.05, 0.1) is 28.0 Å². The molecule has 31 heavy (non-hydrogen) atoms. The molecule has 1 saturated heterocycles. The van der Waals surface area contributed by atoms with E-state index in [-0.39, 0.29) is 9.92 Å². The number of anilines is 1. The van der Waals surface area contributed by atoms with Gasteiger partial charge in [0, 0.05) is 29.9 Å². The number of aromatic nitrogens is 1. The molecule has 1 fully saturated rings. The number of halogens is 2. The van der Waals surface area contributed by atoms with Crippen LogP contribution in [0.15, 0.2) is 52.7 Å². The van der Waals surface area contributed by atoms with Gasteiger partial charge in [0.2, 0.25) is 0 Å². The second-order valence-corrected chi connectivity index (χ2v) is 11.3. The van der Waals surface area contributed by atoms with Crippen LogP contribution in [0.4, 0.5) is 5.13 Å². The second-order valence-electron chi connectivity index (χ2n) is 7.46. The van der Waals surface area contributed by atoms with Crippen LogP contribution < -0.4 is 9.64 Å². The molecule has 0 atom stereocenters. The Morgan fingerprint density at radius 1 is 1.16 bits per heavy atom. The average Bonchev–Trinajstić information content (AvgIpc) is 3.24. The Hall–Kier alpha value is -1.80. The number of benzene rings is 2. The fourth-order valence-corrected chi connectivity index (χ4v) is 7.12. The van der Waals surface area contributed by atoms with Crippen LogP contribution >= 0.6 is 34.5 Å². The van der Waals surface area contributed by atoms with Crippen molar-refractivity contribution < 1.29 is 13.2 Å². The number of methoxy groups -OCH3 is 1. The summed E-state index contributed by atoms with van der Waals surface area (Å²) >= 11 is 13.7. The monoisotopic (exact) mass is 496 g/mol. The molecule has 1 aliphatic heterocycles. The van der Waals surface area contributed by atoms with Crippen LogP contribution in [-0.4, -0.2) is 38.9 Å². The molecule has 3 aromatic rings. The number of piperidine rings is 1. The third-order valence-corrected chi connectivity index (χ3v) is 9.34. The summed E-state index contributed by atoms with van der Waals surface area (Å²) in [5.74, 6) is 0.830. The molecule has 1 aromatic heterocycles. The van der Waals surface area contributed by atoms with E-state index in [1.165, 1.54) is 12.1 Å². The fraction of sp³-hybridized carbons (Fsp3) is 0.318. The highest BCUT2D eigenvalue weighted by Gasteiger charge is 2.33. The maximum Gasteiger partial charge on any atom is 0.185 e. The van der Waals surface area contributed by atoms with Gasteiger partial charge >= 0.3 is 0 Å². The smallest absolute Gasteiger partial charge is 0.185 e. The van der Waals surface area contributed by atoms with Crippen LogP contribution in [0.1, 0.15) is 24.1 Å². The molecule has 1 aliphatic rings. The first-order valence-electron chi connectivity index (χ1n) is 9.88. The molecule has 9 heteroatoms. The van der Waals surface area contributed by atoms with E-state index in [0.29, 0.717) is 31.0 Å². The topological polar surface area (TPSA) is 59.5 Å². The van der Waals surface area contributed by atoms with Gasteiger partial charge in [-0.1, -0.05) is 35.3 Å². The van der Waals surface area contributed by atoms with Crippen LogP contribution in [0.3, 0.4) is 0 Å². The highest BCUT2D eigenvalue weighted by Crippen LogP contribution is 2.33. The lowest BCUT2D eigenvalue weighted by atomic mass is 10.1. The van der Waals surface area contributed by atoms with Crippen molar-refractivity contribution in [2.45, 2.75) is 29.4 Å². The molecule has 0 radical (unpaired) electrons. The Balaban J connectivity index is 1.42. The summed E-state index contributed by atoms with van der Waals surface area (Å²) in [5, 5.41) is 3.09. The molecule has 5 nitrogen and oxygen atoms in total. The largest absolute Gasteiger partial charge is 0.497 e. The summed E-state index contributed by atoms with van der Waals surface area (Å²) in [6, 6.07) is 12.5. The van der Waals surface area contributed by atoms with Crippen LogP contribution in [0.25, 0.3) is 0 Å². The number of nitrogens with zero attached hydrogens (tertiary/aromatic N) is 2. The SMILES string of the molecule is COc1cccc(Cc2csc(N3CCC(S(=O)(=O)c4cc(Cl)ccc4Cl)CC3)n2)c1. The minimum absolute atomic E-state index is 0.120. The van der Waals surface area contributed by atoms with Gasteiger partial charge in [-0.3, -0.25) is 0 Å². The number of sulfone groups is 1. The van der Waals surface area contributed by atoms with Gasteiger partial charge < -0.3 is 9.64 Å². The van der Waals surface area contributed by atoms with E-state index < -0.39 is 15.1 Å². The summed E-state index contributed by atoms with van der Waals surface area (Å²) < 4.78 is 31.4. The van der Waals surface area contributed by atoms with Crippen molar-refractivity contribution in [2.75, 3.05) is 25.1 Å². The van der Waals surface area contributed by atoms with Crippen molar-refractivity contribution in [3.8, 4) is 5.75 Å². The summed E-state index contributed by atoms with van der Waals surface area (Å²) in [7, 11) is -1.88. The number of thiazole rings is 1. The number of hydrogen-bond acceptors (Lipinski definition) is 6. The maximum absolute atomic E-state index is 13.1. The minimum atomic E-state index is -3.53. The van der Waals surface area contributed by atoms with E-state index in [2.05, 4.69) is 16.3 Å².